The fourth-order valence-corrected chi connectivity index (χ4v) is 4.74. The lowest BCUT2D eigenvalue weighted by atomic mass is 10.1. The Morgan fingerprint density at radius 3 is 1.88 bits per heavy atom. The maximum atomic E-state index is 11.6. The second kappa shape index (κ2) is 5.97. The van der Waals surface area contributed by atoms with Crippen molar-refractivity contribution in [3.63, 3.8) is 0 Å². The molecule has 0 saturated carbocycles. The highest BCUT2D eigenvalue weighted by molar-refractivity contribution is 7.94. The summed E-state index contributed by atoms with van der Waals surface area (Å²) in [5.74, 6) is -0.421. The number of sulfone groups is 2. The fraction of sp³-hybridized carbons (Fsp3) is 1.00. The summed E-state index contributed by atoms with van der Waals surface area (Å²) in [4.78, 5) is 0. The van der Waals surface area contributed by atoms with E-state index in [1.807, 2.05) is 13.8 Å². The Bertz CT molecular complexity index is 397. The van der Waals surface area contributed by atoms with Crippen molar-refractivity contribution in [1.82, 2.24) is 5.32 Å². The Labute approximate surface area is 98.5 Å². The summed E-state index contributed by atoms with van der Waals surface area (Å²) in [5.41, 5.74) is 0. The molecule has 0 fully saturated rings. The molecule has 16 heavy (non-hydrogen) atoms. The SMILES string of the molecule is CNC(CS(=O)(=O)CCS(C)(=O)=O)C(C)C. The molecular weight excluding hydrogens is 250 g/mol. The van der Waals surface area contributed by atoms with Crippen LogP contribution in [0.25, 0.3) is 0 Å². The van der Waals surface area contributed by atoms with Crippen molar-refractivity contribution in [1.29, 1.82) is 0 Å². The Morgan fingerprint density at radius 1 is 1.06 bits per heavy atom. The zero-order chi connectivity index (χ0) is 13.0. The van der Waals surface area contributed by atoms with Crippen LogP contribution in [0, 0.1) is 5.92 Å². The Balaban J connectivity index is 4.46. The molecule has 0 aliphatic rings. The predicted octanol–water partition coefficient (Wildman–Crippen LogP) is -0.310. The normalized spacial score (nSPS) is 15.3. The molecule has 1 atom stereocenters. The fourth-order valence-electron chi connectivity index (χ4n) is 1.24. The third-order valence-corrected chi connectivity index (χ3v) is 5.27. The van der Waals surface area contributed by atoms with Crippen LogP contribution >= 0.6 is 0 Å². The first-order valence-electron chi connectivity index (χ1n) is 5.13. The maximum absolute atomic E-state index is 11.6. The van der Waals surface area contributed by atoms with E-state index in [9.17, 15) is 16.8 Å². The molecule has 0 aliphatic carbocycles. The summed E-state index contributed by atoms with van der Waals surface area (Å²) in [5, 5.41) is 2.93. The first kappa shape index (κ1) is 15.9. The van der Waals surface area contributed by atoms with Crippen molar-refractivity contribution < 1.29 is 16.8 Å². The largest absolute Gasteiger partial charge is 0.316 e. The Morgan fingerprint density at radius 2 is 1.56 bits per heavy atom. The maximum Gasteiger partial charge on any atom is 0.152 e. The topological polar surface area (TPSA) is 80.3 Å². The molecule has 98 valence electrons. The van der Waals surface area contributed by atoms with Gasteiger partial charge in [-0.1, -0.05) is 13.8 Å². The van der Waals surface area contributed by atoms with Crippen molar-refractivity contribution in [2.24, 2.45) is 5.92 Å². The summed E-state index contributed by atoms with van der Waals surface area (Å²) in [6.45, 7) is 3.85. The number of nitrogens with one attached hydrogen (secondary N) is 1. The minimum Gasteiger partial charge on any atom is -0.316 e. The molecule has 0 radical (unpaired) electrons. The van der Waals surface area contributed by atoms with E-state index < -0.39 is 19.7 Å². The van der Waals surface area contributed by atoms with Gasteiger partial charge in [0.15, 0.2) is 9.84 Å². The van der Waals surface area contributed by atoms with Gasteiger partial charge in [0.05, 0.1) is 17.3 Å². The van der Waals surface area contributed by atoms with Gasteiger partial charge < -0.3 is 5.32 Å². The number of hydrogen-bond acceptors (Lipinski definition) is 5. The molecule has 0 bridgehead atoms. The van der Waals surface area contributed by atoms with Gasteiger partial charge in [0.25, 0.3) is 0 Å². The third-order valence-electron chi connectivity index (χ3n) is 2.37. The van der Waals surface area contributed by atoms with Crippen LogP contribution in [-0.4, -0.2) is 53.4 Å². The van der Waals surface area contributed by atoms with Crippen LogP contribution in [0.2, 0.25) is 0 Å². The summed E-state index contributed by atoms with van der Waals surface area (Å²) >= 11 is 0. The van der Waals surface area contributed by atoms with Crippen LogP contribution in [-0.2, 0) is 19.7 Å². The molecule has 1 unspecified atom stereocenters. The average molecular weight is 271 g/mol. The van der Waals surface area contributed by atoms with Gasteiger partial charge in [-0.2, -0.15) is 0 Å². The van der Waals surface area contributed by atoms with Crippen molar-refractivity contribution in [2.45, 2.75) is 19.9 Å². The highest BCUT2D eigenvalue weighted by Crippen LogP contribution is 2.05. The monoisotopic (exact) mass is 271 g/mol. The van der Waals surface area contributed by atoms with Gasteiger partial charge in [0.1, 0.15) is 9.84 Å². The number of rotatable bonds is 7. The van der Waals surface area contributed by atoms with Crippen LogP contribution in [0.15, 0.2) is 0 Å². The second-order valence-electron chi connectivity index (χ2n) is 4.38. The summed E-state index contributed by atoms with van der Waals surface area (Å²) in [6.07, 6.45) is 1.04. The molecule has 0 saturated heterocycles. The van der Waals surface area contributed by atoms with E-state index in [-0.39, 0.29) is 29.2 Å². The van der Waals surface area contributed by atoms with Crippen LogP contribution < -0.4 is 5.32 Å². The molecule has 0 aromatic carbocycles. The third kappa shape index (κ3) is 7.19. The van der Waals surface area contributed by atoms with E-state index in [1.165, 1.54) is 0 Å². The highest BCUT2D eigenvalue weighted by atomic mass is 32.2. The van der Waals surface area contributed by atoms with E-state index in [1.54, 1.807) is 7.05 Å². The summed E-state index contributed by atoms with van der Waals surface area (Å²) in [7, 11) is -4.83. The molecule has 1 N–H and O–H groups in total. The zero-order valence-corrected chi connectivity index (χ0v) is 11.9. The first-order valence-corrected chi connectivity index (χ1v) is 9.01. The van der Waals surface area contributed by atoms with Crippen molar-refractivity contribution in [3.05, 3.63) is 0 Å². The van der Waals surface area contributed by atoms with Crippen molar-refractivity contribution >= 4 is 19.7 Å². The minimum absolute atomic E-state index is 0.0172. The average Bonchev–Trinajstić information content (AvgIpc) is 2.10. The molecule has 0 aromatic heterocycles. The van der Waals surface area contributed by atoms with Crippen LogP contribution in [0.5, 0.6) is 0 Å². The zero-order valence-electron chi connectivity index (χ0n) is 10.2. The minimum atomic E-state index is -3.31. The molecule has 0 rings (SSSR count). The summed E-state index contributed by atoms with van der Waals surface area (Å²) in [6, 6.07) is -0.135. The van der Waals surface area contributed by atoms with E-state index >= 15 is 0 Å². The first-order chi connectivity index (χ1) is 7.07. The van der Waals surface area contributed by atoms with E-state index in [2.05, 4.69) is 5.32 Å². The van der Waals surface area contributed by atoms with Crippen LogP contribution in [0.3, 0.4) is 0 Å². The molecule has 5 nitrogen and oxygen atoms in total. The molecule has 7 heteroatoms. The Hall–Kier alpha value is -0.140. The highest BCUT2D eigenvalue weighted by Gasteiger charge is 2.21. The van der Waals surface area contributed by atoms with Crippen LogP contribution in [0.4, 0.5) is 0 Å². The van der Waals surface area contributed by atoms with Crippen molar-refractivity contribution in [3.8, 4) is 0 Å². The molecular formula is C9H21NO4S2. The van der Waals surface area contributed by atoms with Gasteiger partial charge in [0.2, 0.25) is 0 Å². The van der Waals surface area contributed by atoms with Gasteiger partial charge in [-0.05, 0) is 13.0 Å². The van der Waals surface area contributed by atoms with E-state index in [0.29, 0.717) is 0 Å². The predicted molar refractivity (Wildman–Crippen MR) is 66.1 cm³/mol. The number of hydrogen-bond donors (Lipinski definition) is 1. The summed E-state index contributed by atoms with van der Waals surface area (Å²) < 4.78 is 45.1. The second-order valence-corrected chi connectivity index (χ2v) is 8.87. The molecule has 0 amide bonds. The van der Waals surface area contributed by atoms with Crippen molar-refractivity contribution in [2.75, 3.05) is 30.6 Å². The smallest absolute Gasteiger partial charge is 0.152 e. The molecule has 0 heterocycles. The van der Waals surface area contributed by atoms with Crippen LogP contribution in [0.1, 0.15) is 13.8 Å². The lowest BCUT2D eigenvalue weighted by molar-refractivity contribution is 0.455. The lowest BCUT2D eigenvalue weighted by Crippen LogP contribution is -2.38. The van der Waals surface area contributed by atoms with Gasteiger partial charge in [-0.25, -0.2) is 16.8 Å². The lowest BCUT2D eigenvalue weighted by Gasteiger charge is -2.19. The van der Waals surface area contributed by atoms with Gasteiger partial charge in [0, 0.05) is 12.3 Å². The van der Waals surface area contributed by atoms with Gasteiger partial charge in [-0.3, -0.25) is 0 Å². The van der Waals surface area contributed by atoms with Gasteiger partial charge >= 0.3 is 0 Å². The quantitative estimate of drug-likeness (QED) is 0.687. The molecule has 0 spiro atoms. The van der Waals surface area contributed by atoms with E-state index in [4.69, 9.17) is 0 Å². The molecule has 0 aliphatic heterocycles. The molecule has 0 aromatic rings. The van der Waals surface area contributed by atoms with Gasteiger partial charge in [-0.15, -0.1) is 0 Å². The standard InChI is InChI=1S/C9H21NO4S2/c1-8(2)9(10-3)7-16(13,14)6-5-15(4,11)12/h8-10H,5-7H2,1-4H3. The van der Waals surface area contributed by atoms with E-state index in [0.717, 1.165) is 6.26 Å². The Kier molecular flexibility index (Phi) is 5.92.